The molecule has 0 saturated carbocycles. The van der Waals surface area contributed by atoms with Crippen molar-refractivity contribution in [1.82, 2.24) is 30.8 Å². The van der Waals surface area contributed by atoms with Crippen LogP contribution in [0.15, 0.2) is 24.3 Å². The maximum absolute atomic E-state index is 11.7. The normalized spacial score (nSPS) is 10.8. The van der Waals surface area contributed by atoms with Gasteiger partial charge >= 0.3 is 0 Å². The van der Waals surface area contributed by atoms with Gasteiger partial charge in [-0.05, 0) is 29.4 Å². The van der Waals surface area contributed by atoms with E-state index in [-0.39, 0.29) is 11.7 Å². The molecule has 112 valence electrons. The Bertz CT molecular complexity index is 547. The van der Waals surface area contributed by atoms with E-state index in [0.29, 0.717) is 6.54 Å². The Morgan fingerprint density at radius 1 is 1.19 bits per heavy atom. The van der Waals surface area contributed by atoms with Crippen LogP contribution in [-0.4, -0.2) is 44.5 Å². The molecule has 0 aliphatic rings. The number of H-pyrrole nitrogens is 1. The van der Waals surface area contributed by atoms with E-state index < -0.39 is 0 Å². The standard InChI is InChI=1S/C14H20N6O/c1-3-20(4-2)10-12-7-5-11(6-8-12)9-15-14(21)13-16-18-19-17-13/h5-8H,3-4,9-10H2,1-2H3,(H,15,21)(H,16,17,18,19). The molecule has 0 aliphatic heterocycles. The molecule has 2 aromatic rings. The van der Waals surface area contributed by atoms with E-state index in [1.807, 2.05) is 12.1 Å². The van der Waals surface area contributed by atoms with E-state index in [2.05, 4.69) is 56.8 Å². The lowest BCUT2D eigenvalue weighted by Gasteiger charge is -2.18. The van der Waals surface area contributed by atoms with Gasteiger partial charge in [0.2, 0.25) is 0 Å². The molecule has 1 aromatic carbocycles. The molecule has 21 heavy (non-hydrogen) atoms. The van der Waals surface area contributed by atoms with Crippen LogP contribution in [0.1, 0.15) is 35.6 Å². The van der Waals surface area contributed by atoms with Gasteiger partial charge in [-0.25, -0.2) is 0 Å². The van der Waals surface area contributed by atoms with Crippen LogP contribution in [0, 0.1) is 0 Å². The molecule has 0 spiro atoms. The minimum Gasteiger partial charge on any atom is -0.345 e. The maximum atomic E-state index is 11.7. The predicted octanol–water partition coefficient (Wildman–Crippen LogP) is 0.971. The average Bonchev–Trinajstić information content (AvgIpc) is 3.06. The van der Waals surface area contributed by atoms with Crippen LogP contribution in [0.5, 0.6) is 0 Å². The number of hydrogen-bond donors (Lipinski definition) is 2. The van der Waals surface area contributed by atoms with Gasteiger partial charge in [-0.3, -0.25) is 9.69 Å². The minimum atomic E-state index is -0.337. The Balaban J connectivity index is 1.86. The maximum Gasteiger partial charge on any atom is 0.293 e. The second-order valence-corrected chi connectivity index (χ2v) is 4.70. The Kier molecular flexibility index (Phi) is 5.39. The van der Waals surface area contributed by atoms with E-state index in [1.54, 1.807) is 0 Å². The van der Waals surface area contributed by atoms with Crippen molar-refractivity contribution < 1.29 is 4.79 Å². The zero-order chi connectivity index (χ0) is 15.1. The lowest BCUT2D eigenvalue weighted by atomic mass is 10.1. The first-order chi connectivity index (χ1) is 10.2. The van der Waals surface area contributed by atoms with E-state index >= 15 is 0 Å². The summed E-state index contributed by atoms with van der Waals surface area (Å²) in [5.74, 6) is -0.288. The summed E-state index contributed by atoms with van der Waals surface area (Å²) in [6, 6.07) is 8.23. The number of nitrogens with zero attached hydrogens (tertiary/aromatic N) is 4. The number of aromatic nitrogens is 4. The van der Waals surface area contributed by atoms with Crippen molar-refractivity contribution in [2.24, 2.45) is 0 Å². The quantitative estimate of drug-likeness (QED) is 0.793. The molecule has 0 aliphatic carbocycles. The van der Waals surface area contributed by atoms with E-state index in [1.165, 1.54) is 5.56 Å². The highest BCUT2D eigenvalue weighted by Gasteiger charge is 2.09. The smallest absolute Gasteiger partial charge is 0.293 e. The number of aromatic amines is 1. The van der Waals surface area contributed by atoms with Crippen molar-refractivity contribution in [1.29, 1.82) is 0 Å². The van der Waals surface area contributed by atoms with E-state index in [0.717, 1.165) is 25.2 Å². The number of hydrogen-bond acceptors (Lipinski definition) is 5. The number of carbonyl (C=O) groups is 1. The fourth-order valence-electron chi connectivity index (χ4n) is 1.99. The molecule has 0 fully saturated rings. The fourth-order valence-corrected chi connectivity index (χ4v) is 1.99. The van der Waals surface area contributed by atoms with Crippen LogP contribution in [0.2, 0.25) is 0 Å². The Labute approximate surface area is 123 Å². The summed E-state index contributed by atoms with van der Waals surface area (Å²) in [4.78, 5) is 14.0. The van der Waals surface area contributed by atoms with Crippen LogP contribution in [0.3, 0.4) is 0 Å². The van der Waals surface area contributed by atoms with Crippen LogP contribution in [0.4, 0.5) is 0 Å². The molecule has 0 unspecified atom stereocenters. The fraction of sp³-hybridized carbons (Fsp3) is 0.429. The first-order valence-corrected chi connectivity index (χ1v) is 7.04. The third-order valence-corrected chi connectivity index (χ3v) is 3.33. The molecule has 1 heterocycles. The third-order valence-electron chi connectivity index (χ3n) is 3.33. The third kappa shape index (κ3) is 4.35. The average molecular weight is 288 g/mol. The number of amides is 1. The molecule has 0 atom stereocenters. The molecular formula is C14H20N6O. The molecule has 0 saturated heterocycles. The van der Waals surface area contributed by atoms with Gasteiger partial charge in [-0.15, -0.1) is 10.2 Å². The first kappa shape index (κ1) is 15.1. The molecule has 0 bridgehead atoms. The summed E-state index contributed by atoms with van der Waals surface area (Å²) in [7, 11) is 0. The second kappa shape index (κ2) is 7.49. The van der Waals surface area contributed by atoms with E-state index in [4.69, 9.17) is 0 Å². The summed E-state index contributed by atoms with van der Waals surface area (Å²) >= 11 is 0. The summed E-state index contributed by atoms with van der Waals surface area (Å²) in [5.41, 5.74) is 2.31. The Hall–Kier alpha value is -2.28. The van der Waals surface area contributed by atoms with Crippen LogP contribution < -0.4 is 5.32 Å². The number of benzene rings is 1. The molecular weight excluding hydrogens is 268 g/mol. The minimum absolute atomic E-state index is 0.0492. The largest absolute Gasteiger partial charge is 0.345 e. The Morgan fingerprint density at radius 3 is 2.43 bits per heavy atom. The van der Waals surface area contributed by atoms with Crippen LogP contribution in [0.25, 0.3) is 0 Å². The second-order valence-electron chi connectivity index (χ2n) is 4.70. The highest BCUT2D eigenvalue weighted by atomic mass is 16.2. The molecule has 2 rings (SSSR count). The molecule has 7 heteroatoms. The van der Waals surface area contributed by atoms with Gasteiger partial charge < -0.3 is 5.32 Å². The SMILES string of the molecule is CCN(CC)Cc1ccc(CNC(=O)c2nn[nH]n2)cc1. The number of nitrogens with one attached hydrogen (secondary N) is 2. The molecule has 1 aromatic heterocycles. The monoisotopic (exact) mass is 288 g/mol. The van der Waals surface area contributed by atoms with Gasteiger partial charge in [-0.2, -0.15) is 5.21 Å². The summed E-state index contributed by atoms with van der Waals surface area (Å²) in [6.07, 6.45) is 0. The highest BCUT2D eigenvalue weighted by Crippen LogP contribution is 2.07. The van der Waals surface area contributed by atoms with Crippen LogP contribution in [-0.2, 0) is 13.1 Å². The summed E-state index contributed by atoms with van der Waals surface area (Å²) in [5, 5.41) is 15.6. The first-order valence-electron chi connectivity index (χ1n) is 7.04. The van der Waals surface area contributed by atoms with Gasteiger partial charge in [0, 0.05) is 13.1 Å². The zero-order valence-corrected chi connectivity index (χ0v) is 12.3. The highest BCUT2D eigenvalue weighted by molar-refractivity contribution is 5.89. The van der Waals surface area contributed by atoms with Crippen LogP contribution >= 0.6 is 0 Å². The van der Waals surface area contributed by atoms with Gasteiger partial charge in [0.15, 0.2) is 0 Å². The number of rotatable bonds is 7. The lowest BCUT2D eigenvalue weighted by molar-refractivity contribution is 0.0940. The van der Waals surface area contributed by atoms with Gasteiger partial charge in [0.25, 0.3) is 11.7 Å². The van der Waals surface area contributed by atoms with Crippen molar-refractivity contribution in [2.45, 2.75) is 26.9 Å². The zero-order valence-electron chi connectivity index (χ0n) is 12.3. The molecule has 1 amide bonds. The number of tetrazole rings is 1. The lowest BCUT2D eigenvalue weighted by Crippen LogP contribution is -2.24. The van der Waals surface area contributed by atoms with Gasteiger partial charge in [-0.1, -0.05) is 38.1 Å². The van der Waals surface area contributed by atoms with Crippen molar-refractivity contribution in [2.75, 3.05) is 13.1 Å². The van der Waals surface area contributed by atoms with E-state index in [9.17, 15) is 4.79 Å². The molecule has 7 nitrogen and oxygen atoms in total. The summed E-state index contributed by atoms with van der Waals surface area (Å²) in [6.45, 7) is 7.79. The van der Waals surface area contributed by atoms with Crippen molar-refractivity contribution in [3.63, 3.8) is 0 Å². The van der Waals surface area contributed by atoms with Gasteiger partial charge in [0.05, 0.1) is 0 Å². The molecule has 0 radical (unpaired) electrons. The predicted molar refractivity (Wildman–Crippen MR) is 78.4 cm³/mol. The van der Waals surface area contributed by atoms with Crippen molar-refractivity contribution in [3.05, 3.63) is 41.2 Å². The number of carbonyl (C=O) groups excluding carboxylic acids is 1. The van der Waals surface area contributed by atoms with Crippen molar-refractivity contribution in [3.8, 4) is 0 Å². The van der Waals surface area contributed by atoms with Gasteiger partial charge in [0.1, 0.15) is 0 Å². The summed E-state index contributed by atoms with van der Waals surface area (Å²) < 4.78 is 0. The molecule has 2 N–H and O–H groups in total. The van der Waals surface area contributed by atoms with Crippen molar-refractivity contribution >= 4 is 5.91 Å². The Morgan fingerprint density at radius 2 is 1.86 bits per heavy atom. The topological polar surface area (TPSA) is 86.8 Å².